The molecule has 1 aliphatic carbocycles. The largest absolute Gasteiger partial charge is 0.443 e. The maximum Gasteiger partial charge on any atom is 0.290 e. The highest BCUT2D eigenvalue weighted by atomic mass is 32.1. The molecule has 1 aliphatic heterocycles. The molecule has 4 aromatic rings. The van der Waals surface area contributed by atoms with E-state index in [4.69, 9.17) is 4.42 Å². The summed E-state index contributed by atoms with van der Waals surface area (Å²) in [6.45, 7) is 2.92. The van der Waals surface area contributed by atoms with Crippen LogP contribution in [0.25, 0.3) is 21.7 Å². The molecular formula is C29H28N6O4S. The summed E-state index contributed by atoms with van der Waals surface area (Å²) in [5.74, 6) is -0.0758. The van der Waals surface area contributed by atoms with Gasteiger partial charge in [0.1, 0.15) is 11.6 Å². The van der Waals surface area contributed by atoms with Gasteiger partial charge in [0.05, 0.1) is 39.6 Å². The third kappa shape index (κ3) is 5.03. The first-order valence-electron chi connectivity index (χ1n) is 13.2. The Balaban J connectivity index is 1.34. The van der Waals surface area contributed by atoms with E-state index in [1.807, 2.05) is 28.8 Å². The first-order chi connectivity index (χ1) is 19.4. The molecule has 0 bridgehead atoms. The van der Waals surface area contributed by atoms with E-state index < -0.39 is 5.91 Å². The van der Waals surface area contributed by atoms with Gasteiger partial charge in [-0.2, -0.15) is 10.3 Å². The lowest BCUT2D eigenvalue weighted by Crippen LogP contribution is -2.40. The monoisotopic (exact) mass is 556 g/mol. The summed E-state index contributed by atoms with van der Waals surface area (Å²) in [4.78, 5) is 41.3. The van der Waals surface area contributed by atoms with E-state index in [2.05, 4.69) is 28.0 Å². The van der Waals surface area contributed by atoms with Crippen LogP contribution in [0, 0.1) is 16.7 Å². The number of carbonyl (C=O) groups is 2. The van der Waals surface area contributed by atoms with Crippen LogP contribution in [-0.4, -0.2) is 48.9 Å². The van der Waals surface area contributed by atoms with Crippen molar-refractivity contribution in [2.45, 2.75) is 51.8 Å². The second-order valence-corrected chi connectivity index (χ2v) is 11.7. The molecule has 2 N–H and O–H groups in total. The van der Waals surface area contributed by atoms with Gasteiger partial charge in [-0.3, -0.25) is 9.59 Å². The SMILES string of the molecule is CC1(/C=C(\C#N)C(=O)N2CCC[C@@H]2Cn2/c(=N/C(=O)c3ccc(-c4cnco4)s3)[nH]c3cc(CO)ccc32)CC1. The zero-order valence-electron chi connectivity index (χ0n) is 22.0. The molecule has 0 unspecified atom stereocenters. The van der Waals surface area contributed by atoms with Gasteiger partial charge in [-0.1, -0.05) is 19.1 Å². The zero-order valence-corrected chi connectivity index (χ0v) is 22.8. The number of aliphatic hydroxyl groups excluding tert-OH is 1. The molecule has 1 atom stereocenters. The molecule has 2 amide bonds. The standard InChI is InChI=1S/C29H28N6O4S/c1-29(8-9-29)12-19(13-30)27(38)34-10-2-3-20(34)15-35-22-5-4-18(16-36)11-21(22)32-28(35)33-26(37)25-7-6-24(40-25)23-14-31-17-39-23/h4-7,11-12,14,17,20,36H,2-3,8-10,15-16H2,1H3,(H,32,33,37)/b19-12+/t20-/m1/s1. The van der Waals surface area contributed by atoms with Crippen molar-refractivity contribution in [2.75, 3.05) is 6.54 Å². The van der Waals surface area contributed by atoms with Gasteiger partial charge in [0, 0.05) is 13.1 Å². The molecule has 1 aromatic carbocycles. The lowest BCUT2D eigenvalue weighted by Gasteiger charge is -2.25. The number of nitriles is 1. The van der Waals surface area contributed by atoms with Gasteiger partial charge in [-0.15, -0.1) is 11.3 Å². The third-order valence-corrected chi connectivity index (χ3v) is 8.74. The number of aliphatic hydroxyl groups is 1. The quantitative estimate of drug-likeness (QED) is 0.259. The van der Waals surface area contributed by atoms with Gasteiger partial charge in [0.25, 0.3) is 11.8 Å². The van der Waals surface area contributed by atoms with E-state index >= 15 is 0 Å². The number of amides is 2. The number of hydrogen-bond donors (Lipinski definition) is 2. The van der Waals surface area contributed by atoms with Crippen LogP contribution in [0.15, 0.2) is 64.0 Å². The number of benzene rings is 1. The van der Waals surface area contributed by atoms with Crippen LogP contribution in [0.4, 0.5) is 0 Å². The summed E-state index contributed by atoms with van der Waals surface area (Å²) in [6, 6.07) is 11.0. The van der Waals surface area contributed by atoms with Crippen molar-refractivity contribution >= 4 is 34.2 Å². The van der Waals surface area contributed by atoms with Gasteiger partial charge in [0.2, 0.25) is 5.62 Å². The molecule has 2 fully saturated rings. The smallest absolute Gasteiger partial charge is 0.290 e. The molecule has 2 aliphatic rings. The Kier molecular flexibility index (Phi) is 6.73. The summed E-state index contributed by atoms with van der Waals surface area (Å²) in [6.07, 6.45) is 8.33. The van der Waals surface area contributed by atoms with E-state index in [0.29, 0.717) is 29.3 Å². The van der Waals surface area contributed by atoms with E-state index in [1.165, 1.54) is 17.7 Å². The summed E-state index contributed by atoms with van der Waals surface area (Å²) in [5, 5.41) is 19.4. The molecule has 11 heteroatoms. The van der Waals surface area contributed by atoms with Gasteiger partial charge < -0.3 is 24.0 Å². The normalized spacial score (nSPS) is 18.8. The molecule has 6 rings (SSSR count). The first kappa shape index (κ1) is 26.0. The summed E-state index contributed by atoms with van der Waals surface area (Å²) in [5.41, 5.74) is 2.74. The minimum absolute atomic E-state index is 0.0620. The number of H-pyrrole nitrogens is 1. The number of nitrogens with zero attached hydrogens (tertiary/aromatic N) is 5. The minimum Gasteiger partial charge on any atom is -0.443 e. The maximum absolute atomic E-state index is 13.4. The van der Waals surface area contributed by atoms with Gasteiger partial charge in [-0.05, 0) is 60.9 Å². The highest BCUT2D eigenvalue weighted by Crippen LogP contribution is 2.47. The molecule has 4 heterocycles. The van der Waals surface area contributed by atoms with E-state index in [9.17, 15) is 20.0 Å². The molecular weight excluding hydrogens is 528 g/mol. The lowest BCUT2D eigenvalue weighted by atomic mass is 10.0. The van der Waals surface area contributed by atoms with Gasteiger partial charge in [0.15, 0.2) is 12.2 Å². The van der Waals surface area contributed by atoms with Crippen molar-refractivity contribution in [3.8, 4) is 16.7 Å². The fourth-order valence-corrected chi connectivity index (χ4v) is 6.00. The number of carbonyl (C=O) groups excluding carboxylic acids is 2. The molecule has 40 heavy (non-hydrogen) atoms. The van der Waals surface area contributed by atoms with Crippen LogP contribution in [0.1, 0.15) is 47.8 Å². The second kappa shape index (κ2) is 10.4. The molecule has 3 aromatic heterocycles. The Bertz CT molecular complexity index is 1730. The Morgan fingerprint density at radius 2 is 2.20 bits per heavy atom. The number of imidazole rings is 1. The van der Waals surface area contributed by atoms with Crippen LogP contribution >= 0.6 is 11.3 Å². The van der Waals surface area contributed by atoms with Crippen molar-refractivity contribution in [2.24, 2.45) is 10.4 Å². The number of nitrogens with one attached hydrogen (secondary N) is 1. The van der Waals surface area contributed by atoms with Crippen LogP contribution in [0.2, 0.25) is 0 Å². The van der Waals surface area contributed by atoms with Crippen LogP contribution in [-0.2, 0) is 17.9 Å². The average molecular weight is 557 g/mol. The predicted molar refractivity (Wildman–Crippen MR) is 148 cm³/mol. The predicted octanol–water partition coefficient (Wildman–Crippen LogP) is 4.16. The van der Waals surface area contributed by atoms with E-state index in [0.717, 1.165) is 47.2 Å². The van der Waals surface area contributed by atoms with Crippen molar-refractivity contribution in [3.63, 3.8) is 0 Å². The van der Waals surface area contributed by atoms with Crippen LogP contribution in [0.5, 0.6) is 0 Å². The van der Waals surface area contributed by atoms with E-state index in [1.54, 1.807) is 23.2 Å². The zero-order chi connectivity index (χ0) is 27.9. The molecule has 204 valence electrons. The highest BCUT2D eigenvalue weighted by Gasteiger charge is 2.38. The molecule has 0 spiro atoms. The number of rotatable bonds is 7. The van der Waals surface area contributed by atoms with Crippen molar-refractivity contribution in [3.05, 3.63) is 70.6 Å². The second-order valence-electron chi connectivity index (χ2n) is 10.6. The molecule has 10 nitrogen and oxygen atoms in total. The minimum atomic E-state index is -0.412. The van der Waals surface area contributed by atoms with Crippen LogP contribution in [0.3, 0.4) is 0 Å². The fraction of sp³-hybridized carbons (Fsp3) is 0.345. The Morgan fingerprint density at radius 1 is 1.35 bits per heavy atom. The number of fused-ring (bicyclic) bond motifs is 1. The van der Waals surface area contributed by atoms with Crippen molar-refractivity contribution in [1.82, 2.24) is 19.4 Å². The summed E-state index contributed by atoms with van der Waals surface area (Å²) >= 11 is 1.27. The number of oxazole rings is 1. The highest BCUT2D eigenvalue weighted by molar-refractivity contribution is 7.17. The number of aromatic nitrogens is 3. The third-order valence-electron chi connectivity index (χ3n) is 7.65. The number of hydrogen-bond acceptors (Lipinski definition) is 7. The molecule has 1 saturated heterocycles. The molecule has 0 radical (unpaired) electrons. The number of aromatic amines is 1. The Labute approximate surface area is 233 Å². The van der Waals surface area contributed by atoms with Gasteiger partial charge in [-0.25, -0.2) is 4.98 Å². The van der Waals surface area contributed by atoms with Crippen molar-refractivity contribution < 1.29 is 19.1 Å². The number of likely N-dealkylation sites (tertiary alicyclic amines) is 1. The first-order valence-corrected chi connectivity index (χ1v) is 14.0. The molecule has 1 saturated carbocycles. The summed E-state index contributed by atoms with van der Waals surface area (Å²) < 4.78 is 7.25. The number of thiophene rings is 1. The van der Waals surface area contributed by atoms with Crippen LogP contribution < -0.4 is 5.62 Å². The number of allylic oxidation sites excluding steroid dienone is 1. The fourth-order valence-electron chi connectivity index (χ4n) is 5.16. The van der Waals surface area contributed by atoms with E-state index in [-0.39, 0.29) is 29.5 Å². The lowest BCUT2D eigenvalue weighted by molar-refractivity contribution is -0.127. The maximum atomic E-state index is 13.4. The summed E-state index contributed by atoms with van der Waals surface area (Å²) in [7, 11) is 0. The Morgan fingerprint density at radius 3 is 2.92 bits per heavy atom. The van der Waals surface area contributed by atoms with Crippen molar-refractivity contribution in [1.29, 1.82) is 5.26 Å². The topological polar surface area (TPSA) is 141 Å². The average Bonchev–Trinajstić information content (AvgIpc) is 3.53. The Hall–Kier alpha value is -4.27. The van der Waals surface area contributed by atoms with Gasteiger partial charge >= 0.3 is 0 Å².